The zero-order chi connectivity index (χ0) is 10.8. The molecule has 1 unspecified atom stereocenters. The van der Waals surface area contributed by atoms with Gasteiger partial charge in [-0.15, -0.1) is 0 Å². The van der Waals surface area contributed by atoms with Crippen molar-refractivity contribution in [3.63, 3.8) is 0 Å². The molecule has 3 heteroatoms. The van der Waals surface area contributed by atoms with E-state index >= 15 is 0 Å². The average molecular weight is 217 g/mol. The maximum Gasteiger partial charge on any atom is 0.134 e. The van der Waals surface area contributed by atoms with Gasteiger partial charge in [-0.2, -0.15) is 0 Å². The number of ether oxygens (including phenoxy) is 1. The van der Waals surface area contributed by atoms with E-state index in [1.54, 1.807) is 6.26 Å². The molecule has 1 fully saturated rings. The second-order valence-corrected chi connectivity index (χ2v) is 4.21. The Morgan fingerprint density at radius 3 is 3.19 bits per heavy atom. The molecule has 0 amide bonds. The Kier molecular flexibility index (Phi) is 2.54. The first-order valence-corrected chi connectivity index (χ1v) is 5.76. The van der Waals surface area contributed by atoms with E-state index in [2.05, 4.69) is 5.32 Å². The van der Waals surface area contributed by atoms with Gasteiger partial charge in [-0.05, 0) is 43.7 Å². The average Bonchev–Trinajstić information content (AvgIpc) is 2.77. The molecule has 0 aliphatic carbocycles. The fourth-order valence-corrected chi connectivity index (χ4v) is 2.13. The summed E-state index contributed by atoms with van der Waals surface area (Å²) >= 11 is 0. The van der Waals surface area contributed by atoms with Crippen molar-refractivity contribution in [2.45, 2.75) is 18.9 Å². The molecule has 1 aliphatic rings. The number of rotatable bonds is 2. The van der Waals surface area contributed by atoms with Gasteiger partial charge in [0.15, 0.2) is 0 Å². The summed E-state index contributed by atoms with van der Waals surface area (Å²) in [6.45, 7) is 2.06. The minimum absolute atomic E-state index is 0.304. The van der Waals surface area contributed by atoms with Crippen molar-refractivity contribution < 1.29 is 9.15 Å². The Labute approximate surface area is 94.4 Å². The third-order valence-corrected chi connectivity index (χ3v) is 2.98. The number of fused-ring (bicyclic) bond motifs is 1. The lowest BCUT2D eigenvalue weighted by Crippen LogP contribution is -2.37. The van der Waals surface area contributed by atoms with Gasteiger partial charge in [0.2, 0.25) is 0 Å². The second-order valence-electron chi connectivity index (χ2n) is 4.21. The van der Waals surface area contributed by atoms with Crippen molar-refractivity contribution in [3.05, 3.63) is 30.5 Å². The van der Waals surface area contributed by atoms with Crippen LogP contribution in [0.5, 0.6) is 5.75 Å². The highest BCUT2D eigenvalue weighted by molar-refractivity contribution is 5.78. The van der Waals surface area contributed by atoms with Crippen LogP contribution in [0.25, 0.3) is 11.0 Å². The van der Waals surface area contributed by atoms with E-state index < -0.39 is 0 Å². The summed E-state index contributed by atoms with van der Waals surface area (Å²) < 4.78 is 11.2. The van der Waals surface area contributed by atoms with Crippen molar-refractivity contribution in [1.29, 1.82) is 0 Å². The highest BCUT2D eigenvalue weighted by Crippen LogP contribution is 2.23. The summed E-state index contributed by atoms with van der Waals surface area (Å²) in [6, 6.07) is 7.93. The largest absolute Gasteiger partial charge is 0.489 e. The Morgan fingerprint density at radius 2 is 2.31 bits per heavy atom. The lowest BCUT2D eigenvalue weighted by molar-refractivity contribution is 0.167. The number of piperidine rings is 1. The van der Waals surface area contributed by atoms with Crippen molar-refractivity contribution in [2.24, 2.45) is 0 Å². The van der Waals surface area contributed by atoms with Crippen molar-refractivity contribution in [1.82, 2.24) is 5.32 Å². The van der Waals surface area contributed by atoms with Gasteiger partial charge in [0.1, 0.15) is 17.4 Å². The molecule has 1 atom stereocenters. The minimum atomic E-state index is 0.304. The van der Waals surface area contributed by atoms with Gasteiger partial charge in [0, 0.05) is 11.9 Å². The van der Waals surface area contributed by atoms with Crippen molar-refractivity contribution >= 4 is 11.0 Å². The number of benzene rings is 1. The fourth-order valence-electron chi connectivity index (χ4n) is 2.13. The van der Waals surface area contributed by atoms with Crippen LogP contribution >= 0.6 is 0 Å². The van der Waals surface area contributed by atoms with E-state index in [-0.39, 0.29) is 0 Å². The summed E-state index contributed by atoms with van der Waals surface area (Å²) in [5.74, 6) is 0.933. The van der Waals surface area contributed by atoms with E-state index in [1.165, 1.54) is 6.42 Å². The molecule has 0 spiro atoms. The highest BCUT2D eigenvalue weighted by Gasteiger charge is 2.14. The molecule has 1 aromatic carbocycles. The molecule has 2 heterocycles. The highest BCUT2D eigenvalue weighted by atomic mass is 16.5. The van der Waals surface area contributed by atoms with E-state index in [4.69, 9.17) is 9.15 Å². The van der Waals surface area contributed by atoms with E-state index in [9.17, 15) is 0 Å². The molecule has 3 rings (SSSR count). The summed E-state index contributed by atoms with van der Waals surface area (Å²) in [6.07, 6.45) is 4.34. The zero-order valence-corrected chi connectivity index (χ0v) is 9.11. The molecular formula is C13H15NO2. The molecule has 16 heavy (non-hydrogen) atoms. The smallest absolute Gasteiger partial charge is 0.134 e. The van der Waals surface area contributed by atoms with Crippen LogP contribution in [0.15, 0.2) is 34.9 Å². The molecule has 84 valence electrons. The van der Waals surface area contributed by atoms with Gasteiger partial charge < -0.3 is 14.5 Å². The van der Waals surface area contributed by atoms with Crippen molar-refractivity contribution in [2.75, 3.05) is 13.1 Å². The van der Waals surface area contributed by atoms with Crippen LogP contribution in [0.1, 0.15) is 12.8 Å². The normalized spacial score (nSPS) is 21.1. The van der Waals surface area contributed by atoms with Crippen LogP contribution in [0.4, 0.5) is 0 Å². The Bertz CT molecular complexity index is 471. The fraction of sp³-hybridized carbons (Fsp3) is 0.385. The minimum Gasteiger partial charge on any atom is -0.489 e. The first kappa shape index (κ1) is 9.73. The monoisotopic (exact) mass is 217 g/mol. The Balaban J connectivity index is 1.77. The van der Waals surface area contributed by atoms with Gasteiger partial charge in [0.05, 0.1) is 6.26 Å². The lowest BCUT2D eigenvalue weighted by Gasteiger charge is -2.23. The van der Waals surface area contributed by atoms with E-state index in [0.717, 1.165) is 36.2 Å². The first-order valence-electron chi connectivity index (χ1n) is 5.76. The topological polar surface area (TPSA) is 34.4 Å². The van der Waals surface area contributed by atoms with Crippen LogP contribution in [-0.2, 0) is 0 Å². The zero-order valence-electron chi connectivity index (χ0n) is 9.11. The Hall–Kier alpha value is -1.48. The number of hydrogen-bond acceptors (Lipinski definition) is 3. The molecule has 2 aromatic rings. The Morgan fingerprint density at radius 1 is 1.31 bits per heavy atom. The molecular weight excluding hydrogens is 202 g/mol. The first-order chi connectivity index (χ1) is 7.92. The molecule has 1 saturated heterocycles. The summed E-state index contributed by atoms with van der Waals surface area (Å²) in [5.41, 5.74) is 0.911. The van der Waals surface area contributed by atoms with Crippen LogP contribution in [0.3, 0.4) is 0 Å². The van der Waals surface area contributed by atoms with Crippen LogP contribution in [-0.4, -0.2) is 19.2 Å². The lowest BCUT2D eigenvalue weighted by atomic mass is 10.1. The third kappa shape index (κ3) is 1.91. The summed E-state index contributed by atoms with van der Waals surface area (Å²) in [7, 11) is 0. The molecule has 0 saturated carbocycles. The van der Waals surface area contributed by atoms with Crippen LogP contribution in [0, 0.1) is 0 Å². The van der Waals surface area contributed by atoms with Gasteiger partial charge in [0.25, 0.3) is 0 Å². The molecule has 0 bridgehead atoms. The van der Waals surface area contributed by atoms with Gasteiger partial charge in [-0.25, -0.2) is 0 Å². The summed E-state index contributed by atoms with van der Waals surface area (Å²) in [5, 5.41) is 4.44. The maximum absolute atomic E-state index is 5.93. The van der Waals surface area contributed by atoms with E-state index in [1.807, 2.05) is 24.3 Å². The van der Waals surface area contributed by atoms with E-state index in [0.29, 0.717) is 6.10 Å². The SMILES string of the molecule is c1cc2cc(OC3CCCNC3)ccc2o1. The van der Waals surface area contributed by atoms with Gasteiger partial charge in [-0.1, -0.05) is 0 Å². The van der Waals surface area contributed by atoms with Crippen LogP contribution < -0.4 is 10.1 Å². The predicted octanol–water partition coefficient (Wildman–Crippen LogP) is 2.56. The summed E-state index contributed by atoms with van der Waals surface area (Å²) in [4.78, 5) is 0. The quantitative estimate of drug-likeness (QED) is 0.839. The molecule has 0 radical (unpaired) electrons. The van der Waals surface area contributed by atoms with Gasteiger partial charge >= 0.3 is 0 Å². The number of nitrogens with one attached hydrogen (secondary N) is 1. The number of furan rings is 1. The molecule has 1 aliphatic heterocycles. The number of hydrogen-bond donors (Lipinski definition) is 1. The van der Waals surface area contributed by atoms with Gasteiger partial charge in [-0.3, -0.25) is 0 Å². The molecule has 1 N–H and O–H groups in total. The maximum atomic E-state index is 5.93. The molecule has 1 aromatic heterocycles. The predicted molar refractivity (Wildman–Crippen MR) is 62.7 cm³/mol. The standard InChI is InChI=1S/C13H15NO2/c1-2-12(9-14-6-1)16-11-3-4-13-10(8-11)5-7-15-13/h3-5,7-8,12,14H,1-2,6,9H2. The van der Waals surface area contributed by atoms with Crippen molar-refractivity contribution in [3.8, 4) is 5.75 Å². The third-order valence-electron chi connectivity index (χ3n) is 2.98. The second kappa shape index (κ2) is 4.18. The molecule has 3 nitrogen and oxygen atoms in total. The van der Waals surface area contributed by atoms with Crippen LogP contribution in [0.2, 0.25) is 0 Å².